The van der Waals surface area contributed by atoms with Gasteiger partial charge in [0.15, 0.2) is 5.96 Å². The number of aliphatic imine (C=N–C) groups is 1. The SMILES string of the molecule is CN=C(NCc1ccc(F)cc1)N1CCN(c2ncc(Br)c(OC)n2)CC1.I. The minimum atomic E-state index is -0.231. The second kappa shape index (κ2) is 10.7. The van der Waals surface area contributed by atoms with Gasteiger partial charge in [-0.2, -0.15) is 4.98 Å². The molecule has 7 nitrogen and oxygen atoms in total. The molecule has 1 aliphatic rings. The van der Waals surface area contributed by atoms with Gasteiger partial charge in [0.25, 0.3) is 0 Å². The Bertz CT molecular complexity index is 799. The monoisotopic (exact) mass is 564 g/mol. The number of aromatic nitrogens is 2. The summed E-state index contributed by atoms with van der Waals surface area (Å²) in [4.78, 5) is 17.5. The van der Waals surface area contributed by atoms with Crippen LogP contribution in [0.3, 0.4) is 0 Å². The summed E-state index contributed by atoms with van der Waals surface area (Å²) in [5.74, 6) is 1.78. The van der Waals surface area contributed by atoms with E-state index in [1.54, 1.807) is 32.5 Å². The summed E-state index contributed by atoms with van der Waals surface area (Å²) >= 11 is 3.37. The summed E-state index contributed by atoms with van der Waals surface area (Å²) < 4.78 is 19.0. The van der Waals surface area contributed by atoms with Gasteiger partial charge >= 0.3 is 0 Å². The summed E-state index contributed by atoms with van der Waals surface area (Å²) in [7, 11) is 3.35. The molecule has 0 amide bonds. The maximum absolute atomic E-state index is 13.0. The van der Waals surface area contributed by atoms with Gasteiger partial charge in [0, 0.05) is 39.8 Å². The standard InChI is InChI=1S/C18H22BrFN6O.HI/c1-21-17(22-11-13-3-5-14(20)6-4-13)25-7-9-26(10-8-25)18-23-12-15(19)16(24-18)27-2;/h3-6,12H,7-11H2,1-2H3,(H,21,22);1H. The Kier molecular flexibility index (Phi) is 8.67. The molecule has 0 radical (unpaired) electrons. The Hall–Kier alpha value is -1.69. The van der Waals surface area contributed by atoms with E-state index in [1.807, 2.05) is 0 Å². The van der Waals surface area contributed by atoms with Gasteiger partial charge in [-0.1, -0.05) is 12.1 Å². The minimum absolute atomic E-state index is 0. The Balaban J connectivity index is 0.00000280. The molecule has 0 aliphatic carbocycles. The molecule has 152 valence electrons. The molecule has 0 unspecified atom stereocenters. The van der Waals surface area contributed by atoms with E-state index in [0.717, 1.165) is 42.2 Å². The van der Waals surface area contributed by atoms with Crippen LogP contribution in [0.4, 0.5) is 10.3 Å². The molecule has 1 fully saturated rings. The van der Waals surface area contributed by atoms with Crippen LogP contribution >= 0.6 is 39.9 Å². The number of halogens is 3. The maximum Gasteiger partial charge on any atom is 0.232 e. The summed E-state index contributed by atoms with van der Waals surface area (Å²) in [5.41, 5.74) is 1.01. The normalized spacial score (nSPS) is 14.5. The Labute approximate surface area is 189 Å². The van der Waals surface area contributed by atoms with Crippen molar-refractivity contribution in [3.05, 3.63) is 46.3 Å². The van der Waals surface area contributed by atoms with Crippen LogP contribution in [0, 0.1) is 5.82 Å². The van der Waals surface area contributed by atoms with Gasteiger partial charge in [0.2, 0.25) is 11.8 Å². The number of guanidine groups is 1. The fourth-order valence-corrected chi connectivity index (χ4v) is 3.23. The van der Waals surface area contributed by atoms with Gasteiger partial charge in [-0.05, 0) is 33.6 Å². The maximum atomic E-state index is 13.0. The first kappa shape index (κ1) is 22.6. The molecule has 2 heterocycles. The van der Waals surface area contributed by atoms with Crippen LogP contribution in [-0.2, 0) is 6.54 Å². The van der Waals surface area contributed by atoms with Crippen molar-refractivity contribution in [3.63, 3.8) is 0 Å². The molecule has 28 heavy (non-hydrogen) atoms. The number of nitrogens with one attached hydrogen (secondary N) is 1. The number of anilines is 1. The topological polar surface area (TPSA) is 65.9 Å². The first-order valence-electron chi connectivity index (χ1n) is 8.62. The summed E-state index contributed by atoms with van der Waals surface area (Å²) in [6.45, 7) is 3.75. The third-order valence-electron chi connectivity index (χ3n) is 4.33. The molecular formula is C18H23BrFIN6O. The van der Waals surface area contributed by atoms with Gasteiger partial charge in [-0.25, -0.2) is 9.37 Å². The van der Waals surface area contributed by atoms with Crippen molar-refractivity contribution >= 4 is 51.8 Å². The number of ether oxygens (including phenoxy) is 1. The second-order valence-corrected chi connectivity index (χ2v) is 6.88. The Morgan fingerprint density at radius 2 is 1.93 bits per heavy atom. The lowest BCUT2D eigenvalue weighted by atomic mass is 10.2. The smallest absolute Gasteiger partial charge is 0.232 e. The number of piperazine rings is 1. The van der Waals surface area contributed by atoms with Crippen molar-refractivity contribution in [1.29, 1.82) is 0 Å². The van der Waals surface area contributed by atoms with Crippen LogP contribution in [-0.4, -0.2) is 61.2 Å². The molecule has 2 aromatic rings. The first-order chi connectivity index (χ1) is 13.1. The summed E-state index contributed by atoms with van der Waals surface area (Å²) in [6.07, 6.45) is 1.71. The van der Waals surface area contributed by atoms with Gasteiger partial charge in [0.05, 0.1) is 17.8 Å². The molecule has 1 aromatic carbocycles. The van der Waals surface area contributed by atoms with Crippen molar-refractivity contribution in [2.75, 3.05) is 45.2 Å². The van der Waals surface area contributed by atoms with E-state index in [0.29, 0.717) is 18.4 Å². The molecular weight excluding hydrogens is 542 g/mol. The van der Waals surface area contributed by atoms with Crippen LogP contribution in [0.5, 0.6) is 5.88 Å². The molecule has 3 rings (SSSR count). The largest absolute Gasteiger partial charge is 0.480 e. The van der Waals surface area contributed by atoms with E-state index in [1.165, 1.54) is 12.1 Å². The zero-order valence-electron chi connectivity index (χ0n) is 15.7. The number of methoxy groups -OCH3 is 1. The Morgan fingerprint density at radius 3 is 2.54 bits per heavy atom. The summed E-state index contributed by atoms with van der Waals surface area (Å²) in [5, 5.41) is 3.33. The molecule has 0 spiro atoms. The lowest BCUT2D eigenvalue weighted by Crippen LogP contribution is -2.52. The highest BCUT2D eigenvalue weighted by Crippen LogP contribution is 2.23. The molecule has 1 aromatic heterocycles. The van der Waals surface area contributed by atoms with Crippen LogP contribution in [0.2, 0.25) is 0 Å². The van der Waals surface area contributed by atoms with Gasteiger partial charge in [-0.15, -0.1) is 24.0 Å². The molecule has 1 saturated heterocycles. The highest BCUT2D eigenvalue weighted by molar-refractivity contribution is 14.0. The van der Waals surface area contributed by atoms with Crippen molar-refractivity contribution in [1.82, 2.24) is 20.2 Å². The molecule has 0 saturated carbocycles. The number of hydrogen-bond donors (Lipinski definition) is 1. The predicted octanol–water partition coefficient (Wildman–Crippen LogP) is 2.90. The van der Waals surface area contributed by atoms with E-state index in [4.69, 9.17) is 4.74 Å². The fraction of sp³-hybridized carbons (Fsp3) is 0.389. The Morgan fingerprint density at radius 1 is 1.25 bits per heavy atom. The van der Waals surface area contributed by atoms with Crippen molar-refractivity contribution in [3.8, 4) is 5.88 Å². The summed E-state index contributed by atoms with van der Waals surface area (Å²) in [6, 6.07) is 6.47. The zero-order chi connectivity index (χ0) is 19.2. The van der Waals surface area contributed by atoms with E-state index >= 15 is 0 Å². The highest BCUT2D eigenvalue weighted by atomic mass is 127. The quantitative estimate of drug-likeness (QED) is 0.350. The minimum Gasteiger partial charge on any atom is -0.480 e. The number of nitrogens with zero attached hydrogens (tertiary/aromatic N) is 5. The average Bonchev–Trinajstić information content (AvgIpc) is 2.71. The van der Waals surface area contributed by atoms with Gasteiger partial charge < -0.3 is 19.9 Å². The van der Waals surface area contributed by atoms with E-state index in [9.17, 15) is 4.39 Å². The lowest BCUT2D eigenvalue weighted by molar-refractivity contribution is 0.366. The third-order valence-corrected chi connectivity index (χ3v) is 4.87. The lowest BCUT2D eigenvalue weighted by Gasteiger charge is -2.36. The van der Waals surface area contributed by atoms with E-state index in [2.05, 4.69) is 46.0 Å². The van der Waals surface area contributed by atoms with Crippen molar-refractivity contribution in [2.45, 2.75) is 6.54 Å². The fourth-order valence-electron chi connectivity index (χ4n) is 2.87. The predicted molar refractivity (Wildman–Crippen MR) is 122 cm³/mol. The van der Waals surface area contributed by atoms with Crippen LogP contribution in [0.1, 0.15) is 5.56 Å². The second-order valence-electron chi connectivity index (χ2n) is 6.03. The van der Waals surface area contributed by atoms with Gasteiger partial charge in [-0.3, -0.25) is 4.99 Å². The number of benzene rings is 1. The zero-order valence-corrected chi connectivity index (χ0v) is 19.6. The van der Waals surface area contributed by atoms with Crippen molar-refractivity contribution in [2.24, 2.45) is 4.99 Å². The molecule has 10 heteroatoms. The van der Waals surface area contributed by atoms with Crippen molar-refractivity contribution < 1.29 is 9.13 Å². The molecule has 0 atom stereocenters. The highest BCUT2D eigenvalue weighted by Gasteiger charge is 2.22. The number of rotatable bonds is 4. The molecule has 0 bridgehead atoms. The average molecular weight is 565 g/mol. The molecule has 1 N–H and O–H groups in total. The van der Waals surface area contributed by atoms with Crippen LogP contribution in [0.15, 0.2) is 39.9 Å². The first-order valence-corrected chi connectivity index (χ1v) is 9.41. The van der Waals surface area contributed by atoms with E-state index < -0.39 is 0 Å². The third kappa shape index (κ3) is 5.66. The van der Waals surface area contributed by atoms with Gasteiger partial charge in [0.1, 0.15) is 5.82 Å². The molecule has 1 aliphatic heterocycles. The van der Waals surface area contributed by atoms with Crippen LogP contribution < -0.4 is 15.0 Å². The number of hydrogen-bond acceptors (Lipinski definition) is 5. The van der Waals surface area contributed by atoms with E-state index in [-0.39, 0.29) is 29.8 Å². The van der Waals surface area contributed by atoms with Crippen LogP contribution in [0.25, 0.3) is 0 Å².